The van der Waals surface area contributed by atoms with Crippen LogP contribution in [-0.4, -0.2) is 23.2 Å². The molecule has 0 spiro atoms. The molecule has 1 aromatic heterocycles. The molecule has 100 valence electrons. The number of hydrogen-bond donors (Lipinski definition) is 2. The van der Waals surface area contributed by atoms with Gasteiger partial charge in [-0.05, 0) is 31.4 Å². The average Bonchev–Trinajstić information content (AvgIpc) is 2.77. The summed E-state index contributed by atoms with van der Waals surface area (Å²) < 4.78 is 0. The summed E-state index contributed by atoms with van der Waals surface area (Å²) in [6, 6.07) is 3.80. The van der Waals surface area contributed by atoms with Crippen molar-refractivity contribution in [3.8, 4) is 0 Å². The van der Waals surface area contributed by atoms with E-state index in [2.05, 4.69) is 12.2 Å². The summed E-state index contributed by atoms with van der Waals surface area (Å²) >= 11 is 1.54. The minimum Gasteiger partial charge on any atom is -0.391 e. The second kappa shape index (κ2) is 6.34. The third-order valence-electron chi connectivity index (χ3n) is 3.53. The van der Waals surface area contributed by atoms with Crippen LogP contribution in [0.15, 0.2) is 12.1 Å². The number of carbonyl (C=O) groups excluding carboxylic acids is 1. The maximum atomic E-state index is 12.1. The third kappa shape index (κ3) is 3.33. The van der Waals surface area contributed by atoms with Crippen LogP contribution in [0.25, 0.3) is 0 Å². The molecule has 1 aromatic rings. The summed E-state index contributed by atoms with van der Waals surface area (Å²) in [4.78, 5) is 14.1. The molecule has 1 amide bonds. The molecular weight excluding hydrogens is 246 g/mol. The van der Waals surface area contributed by atoms with Gasteiger partial charge in [-0.3, -0.25) is 4.79 Å². The lowest BCUT2D eigenvalue weighted by Crippen LogP contribution is -2.42. The number of hydrogen-bond acceptors (Lipinski definition) is 3. The molecule has 2 unspecified atom stereocenters. The predicted molar refractivity (Wildman–Crippen MR) is 74.0 cm³/mol. The van der Waals surface area contributed by atoms with Gasteiger partial charge in [-0.1, -0.05) is 26.2 Å². The van der Waals surface area contributed by atoms with Crippen molar-refractivity contribution in [1.29, 1.82) is 0 Å². The number of amides is 1. The standard InChI is InChI=1S/C14H21NO2S/c1-2-10-8-9-13(18-10)14(17)15-11-6-4-3-5-7-12(11)16/h8-9,11-12,16H,2-7H2,1H3,(H,15,17). The summed E-state index contributed by atoms with van der Waals surface area (Å²) in [6.45, 7) is 2.09. The van der Waals surface area contributed by atoms with Crippen molar-refractivity contribution in [3.05, 3.63) is 21.9 Å². The first-order valence-electron chi connectivity index (χ1n) is 6.78. The first-order chi connectivity index (χ1) is 8.70. The lowest BCUT2D eigenvalue weighted by molar-refractivity contribution is 0.0822. The molecule has 0 saturated heterocycles. The van der Waals surface area contributed by atoms with Crippen molar-refractivity contribution in [1.82, 2.24) is 5.32 Å². The molecule has 2 N–H and O–H groups in total. The molecule has 0 bridgehead atoms. The van der Waals surface area contributed by atoms with E-state index < -0.39 is 0 Å². The van der Waals surface area contributed by atoms with Crippen LogP contribution in [-0.2, 0) is 6.42 Å². The second-order valence-corrected chi connectivity index (χ2v) is 6.07. The van der Waals surface area contributed by atoms with E-state index in [4.69, 9.17) is 0 Å². The fourth-order valence-electron chi connectivity index (χ4n) is 2.39. The highest BCUT2D eigenvalue weighted by atomic mass is 32.1. The van der Waals surface area contributed by atoms with E-state index in [1.165, 1.54) is 4.88 Å². The topological polar surface area (TPSA) is 49.3 Å². The minimum absolute atomic E-state index is 0.0364. The Kier molecular flexibility index (Phi) is 4.78. The molecule has 0 aromatic carbocycles. The van der Waals surface area contributed by atoms with Crippen molar-refractivity contribution < 1.29 is 9.90 Å². The zero-order valence-electron chi connectivity index (χ0n) is 10.8. The number of nitrogens with one attached hydrogen (secondary N) is 1. The number of carbonyl (C=O) groups is 1. The maximum Gasteiger partial charge on any atom is 0.261 e. The smallest absolute Gasteiger partial charge is 0.261 e. The zero-order valence-corrected chi connectivity index (χ0v) is 11.6. The molecule has 1 saturated carbocycles. The number of thiophene rings is 1. The van der Waals surface area contributed by atoms with E-state index in [1.807, 2.05) is 12.1 Å². The fraction of sp³-hybridized carbons (Fsp3) is 0.643. The van der Waals surface area contributed by atoms with Crippen molar-refractivity contribution in [2.24, 2.45) is 0 Å². The highest BCUT2D eigenvalue weighted by Gasteiger charge is 2.23. The molecule has 2 atom stereocenters. The van der Waals surface area contributed by atoms with E-state index in [0.29, 0.717) is 0 Å². The summed E-state index contributed by atoms with van der Waals surface area (Å²) in [6.07, 6.45) is 5.57. The molecule has 1 fully saturated rings. The van der Waals surface area contributed by atoms with Gasteiger partial charge in [-0.25, -0.2) is 0 Å². The molecular formula is C14H21NO2S. The predicted octanol–water partition coefficient (Wildman–Crippen LogP) is 2.73. The molecule has 18 heavy (non-hydrogen) atoms. The molecule has 1 heterocycles. The van der Waals surface area contributed by atoms with Gasteiger partial charge >= 0.3 is 0 Å². The average molecular weight is 267 g/mol. The van der Waals surface area contributed by atoms with Crippen LogP contribution in [0.1, 0.15) is 53.6 Å². The molecule has 0 radical (unpaired) electrons. The van der Waals surface area contributed by atoms with E-state index in [9.17, 15) is 9.90 Å². The van der Waals surface area contributed by atoms with Crippen LogP contribution >= 0.6 is 11.3 Å². The lowest BCUT2D eigenvalue weighted by atomic mass is 10.1. The van der Waals surface area contributed by atoms with Crippen molar-refractivity contribution in [2.45, 2.75) is 57.6 Å². The summed E-state index contributed by atoms with van der Waals surface area (Å²) in [5.74, 6) is -0.0364. The largest absolute Gasteiger partial charge is 0.391 e. The van der Waals surface area contributed by atoms with Gasteiger partial charge in [0.2, 0.25) is 0 Å². The molecule has 1 aliphatic rings. The summed E-state index contributed by atoms with van der Waals surface area (Å²) in [5.41, 5.74) is 0. The Morgan fingerprint density at radius 3 is 2.89 bits per heavy atom. The van der Waals surface area contributed by atoms with Gasteiger partial charge in [0.15, 0.2) is 0 Å². The van der Waals surface area contributed by atoms with E-state index in [0.717, 1.165) is 43.4 Å². The summed E-state index contributed by atoms with van der Waals surface area (Å²) in [7, 11) is 0. The normalized spacial score (nSPS) is 24.6. The third-order valence-corrected chi connectivity index (χ3v) is 4.76. The van der Waals surface area contributed by atoms with E-state index in [1.54, 1.807) is 11.3 Å². The Morgan fingerprint density at radius 1 is 1.39 bits per heavy atom. The Bertz CT molecular complexity index is 402. The summed E-state index contributed by atoms with van der Waals surface area (Å²) in [5, 5.41) is 13.0. The molecule has 1 aliphatic carbocycles. The van der Waals surface area contributed by atoms with Crippen LogP contribution in [0, 0.1) is 0 Å². The maximum absolute atomic E-state index is 12.1. The van der Waals surface area contributed by atoms with Gasteiger partial charge in [0.05, 0.1) is 17.0 Å². The van der Waals surface area contributed by atoms with Gasteiger partial charge in [0.1, 0.15) is 0 Å². The number of aryl methyl sites for hydroxylation is 1. The van der Waals surface area contributed by atoms with Crippen LogP contribution in [0.5, 0.6) is 0 Å². The van der Waals surface area contributed by atoms with Gasteiger partial charge in [0.25, 0.3) is 5.91 Å². The Labute approximate surface area is 112 Å². The van der Waals surface area contributed by atoms with E-state index >= 15 is 0 Å². The quantitative estimate of drug-likeness (QED) is 0.827. The van der Waals surface area contributed by atoms with Crippen molar-refractivity contribution >= 4 is 17.2 Å². The van der Waals surface area contributed by atoms with Gasteiger partial charge in [0, 0.05) is 4.88 Å². The van der Waals surface area contributed by atoms with E-state index in [-0.39, 0.29) is 18.1 Å². The number of aliphatic hydroxyl groups excluding tert-OH is 1. The highest BCUT2D eigenvalue weighted by molar-refractivity contribution is 7.14. The molecule has 0 aliphatic heterocycles. The van der Waals surface area contributed by atoms with Gasteiger partial charge < -0.3 is 10.4 Å². The molecule has 3 nitrogen and oxygen atoms in total. The SMILES string of the molecule is CCc1ccc(C(=O)NC2CCCCCC2O)s1. The van der Waals surface area contributed by atoms with Gasteiger partial charge in [-0.15, -0.1) is 11.3 Å². The molecule has 2 rings (SSSR count). The zero-order chi connectivity index (χ0) is 13.0. The van der Waals surface area contributed by atoms with Crippen LogP contribution in [0.3, 0.4) is 0 Å². The Hall–Kier alpha value is -0.870. The first-order valence-corrected chi connectivity index (χ1v) is 7.60. The number of rotatable bonds is 3. The minimum atomic E-state index is -0.387. The van der Waals surface area contributed by atoms with Crippen LogP contribution in [0.2, 0.25) is 0 Å². The Balaban J connectivity index is 1.97. The highest BCUT2D eigenvalue weighted by Crippen LogP contribution is 2.20. The first kappa shape index (κ1) is 13.6. The fourth-order valence-corrected chi connectivity index (χ4v) is 3.24. The monoisotopic (exact) mass is 267 g/mol. The van der Waals surface area contributed by atoms with Crippen molar-refractivity contribution in [3.63, 3.8) is 0 Å². The second-order valence-electron chi connectivity index (χ2n) is 4.90. The van der Waals surface area contributed by atoms with Crippen molar-refractivity contribution in [2.75, 3.05) is 0 Å². The van der Waals surface area contributed by atoms with Crippen LogP contribution < -0.4 is 5.32 Å². The van der Waals surface area contributed by atoms with Crippen LogP contribution in [0.4, 0.5) is 0 Å². The Morgan fingerprint density at radius 2 is 2.17 bits per heavy atom. The molecule has 4 heteroatoms. The number of aliphatic hydroxyl groups is 1. The van der Waals surface area contributed by atoms with Gasteiger partial charge in [-0.2, -0.15) is 0 Å². The lowest BCUT2D eigenvalue weighted by Gasteiger charge is -2.21.